The van der Waals surface area contributed by atoms with Crippen LogP contribution in [0.2, 0.25) is 20.1 Å². The van der Waals surface area contributed by atoms with Gasteiger partial charge in [-0.3, -0.25) is 19.2 Å². The number of carbonyl (C=O) groups excluding carboxylic acids is 3. The van der Waals surface area contributed by atoms with Crippen LogP contribution in [-0.4, -0.2) is 104 Å². The Bertz CT molecular complexity index is 2230. The zero-order valence-corrected chi connectivity index (χ0v) is 40.2. The molecule has 2 aliphatic rings. The normalized spacial score (nSPS) is 18.1. The fourth-order valence-electron chi connectivity index (χ4n) is 7.86. The summed E-state index contributed by atoms with van der Waals surface area (Å²) in [7, 11) is 0. The van der Waals surface area contributed by atoms with Gasteiger partial charge >= 0.3 is 30.8 Å². The largest absolute Gasteiger partial charge is 1.00 e. The molecule has 2 aromatic carbocycles. The van der Waals surface area contributed by atoms with Crippen LogP contribution in [0.1, 0.15) is 70.7 Å². The van der Waals surface area contributed by atoms with E-state index in [0.29, 0.717) is 69.3 Å². The average Bonchev–Trinajstić information content (AvgIpc) is 3.20. The fourth-order valence-corrected chi connectivity index (χ4v) is 8.45. The molecule has 0 bridgehead atoms. The Morgan fingerprint density at radius 3 is 1.37 bits per heavy atom. The van der Waals surface area contributed by atoms with Crippen LogP contribution in [0.15, 0.2) is 73.1 Å². The van der Waals surface area contributed by atoms with Crippen molar-refractivity contribution < 1.29 is 58.8 Å². The van der Waals surface area contributed by atoms with Crippen LogP contribution in [-0.2, 0) is 23.9 Å². The third-order valence-corrected chi connectivity index (χ3v) is 11.8. The van der Waals surface area contributed by atoms with Crippen LogP contribution in [0.4, 0.5) is 23.0 Å². The number of hydrogen-bond donors (Lipinski definition) is 3. The monoisotopic (exact) mass is 970 g/mol. The molecule has 4 atom stereocenters. The molecule has 348 valence electrons. The minimum Gasteiger partial charge on any atom is -0.870 e. The van der Waals surface area contributed by atoms with Gasteiger partial charge in [0.25, 0.3) is 0 Å². The molecule has 4 heterocycles. The number of hydrogen-bond acceptors (Lipinski definition) is 12. The number of nitrogen functional groups attached to an aromatic ring is 2. The third-order valence-electron chi connectivity index (χ3n) is 10.9. The van der Waals surface area contributed by atoms with E-state index in [1.165, 1.54) is 0 Å². The zero-order valence-electron chi connectivity index (χ0n) is 37.1. The number of aromatic nitrogens is 2. The van der Waals surface area contributed by atoms with Crippen molar-refractivity contribution in [3.63, 3.8) is 0 Å². The van der Waals surface area contributed by atoms with Crippen molar-refractivity contribution in [2.24, 2.45) is 11.8 Å². The van der Waals surface area contributed by atoms with Crippen molar-refractivity contribution in [3.8, 4) is 0 Å². The van der Waals surface area contributed by atoms with Crippen molar-refractivity contribution in [1.82, 2.24) is 19.8 Å². The van der Waals surface area contributed by atoms with Gasteiger partial charge in [-0.1, -0.05) is 98.4 Å². The van der Waals surface area contributed by atoms with Gasteiger partial charge in [-0.15, -0.1) is 0 Å². The second-order valence-corrected chi connectivity index (χ2v) is 17.6. The first-order valence-electron chi connectivity index (χ1n) is 20.2. The number of esters is 1. The molecule has 65 heavy (non-hydrogen) atoms. The minimum absolute atomic E-state index is 0. The van der Waals surface area contributed by atoms with Crippen molar-refractivity contribution in [2.75, 3.05) is 54.1 Å². The van der Waals surface area contributed by atoms with Gasteiger partial charge in [-0.25, -0.2) is 9.97 Å². The topological polar surface area (TPSA) is 250 Å². The number of rotatable bonds is 11. The molecule has 0 spiro atoms. The SMILES string of the molecule is CC(C)C1CN(c2ncc(Cl)cc2N)C(c2ccc(Cl)cc2)CN1C(=O)CC(=O)O.CCOC(=O)CC(=O)N1CC(c2ccc(Cl)cc2)N(c2ncc(Cl)cc2N)CC1C(C)C.O.[Li+].[OH-]. The molecule has 2 aromatic heterocycles. The van der Waals surface area contributed by atoms with E-state index in [1.807, 2.05) is 50.2 Å². The molecule has 6 rings (SSSR count). The molecule has 0 radical (unpaired) electrons. The number of aliphatic carboxylic acids is 1. The second-order valence-electron chi connectivity index (χ2n) is 15.8. The molecule has 21 heteroatoms. The summed E-state index contributed by atoms with van der Waals surface area (Å²) in [5.41, 5.74) is 15.3. The summed E-state index contributed by atoms with van der Waals surface area (Å²) in [5, 5.41) is 11.3. The van der Waals surface area contributed by atoms with Crippen LogP contribution in [0.3, 0.4) is 0 Å². The Hall–Kier alpha value is -4.50. The number of carbonyl (C=O) groups is 4. The molecule has 2 amide bonds. The Balaban J connectivity index is 0.000000428. The van der Waals surface area contributed by atoms with E-state index in [4.69, 9.17) is 67.7 Å². The van der Waals surface area contributed by atoms with Crippen molar-refractivity contribution in [3.05, 3.63) is 104 Å². The number of amides is 2. The van der Waals surface area contributed by atoms with Gasteiger partial charge in [0.1, 0.15) is 12.8 Å². The molecule has 2 fully saturated rings. The molecule has 2 aliphatic heterocycles. The molecule has 4 unspecified atom stereocenters. The number of nitrogens with two attached hydrogens (primary N) is 2. The maximum absolute atomic E-state index is 13.1. The van der Waals surface area contributed by atoms with E-state index in [0.717, 1.165) is 11.1 Å². The van der Waals surface area contributed by atoms with Gasteiger partial charge in [-0.2, -0.15) is 0 Å². The smallest absolute Gasteiger partial charge is 0.870 e. The van der Waals surface area contributed by atoms with Crippen LogP contribution >= 0.6 is 46.4 Å². The van der Waals surface area contributed by atoms with Gasteiger partial charge in [-0.05, 0) is 66.3 Å². The van der Waals surface area contributed by atoms with Crippen molar-refractivity contribution in [2.45, 2.75) is 71.6 Å². The van der Waals surface area contributed by atoms with Gasteiger partial charge < -0.3 is 51.9 Å². The number of nitrogens with zero attached hydrogens (tertiary/aromatic N) is 6. The number of benzene rings is 2. The first-order valence-corrected chi connectivity index (χ1v) is 21.7. The van der Waals surface area contributed by atoms with Gasteiger partial charge in [0, 0.05) is 48.6 Å². The number of piperazine rings is 2. The van der Waals surface area contributed by atoms with E-state index in [1.54, 1.807) is 53.4 Å². The third kappa shape index (κ3) is 14.5. The molecular weight excluding hydrogens is 917 g/mol. The van der Waals surface area contributed by atoms with E-state index in [-0.39, 0.29) is 84.8 Å². The summed E-state index contributed by atoms with van der Waals surface area (Å²) in [6.45, 7) is 11.7. The molecule has 16 nitrogen and oxygen atoms in total. The summed E-state index contributed by atoms with van der Waals surface area (Å²) < 4.78 is 4.99. The van der Waals surface area contributed by atoms with E-state index >= 15 is 0 Å². The number of ether oxygens (including phenoxy) is 1. The Kier molecular flexibility index (Phi) is 22.1. The molecule has 2 saturated heterocycles. The molecular formula is C44H55Cl4LiN8O8. The predicted octanol–water partition coefficient (Wildman–Crippen LogP) is 4.20. The quantitative estimate of drug-likeness (QED) is 0.108. The summed E-state index contributed by atoms with van der Waals surface area (Å²) in [4.78, 5) is 65.6. The van der Waals surface area contributed by atoms with Crippen LogP contribution in [0.25, 0.3) is 0 Å². The van der Waals surface area contributed by atoms with E-state index in [2.05, 4.69) is 33.6 Å². The second kappa shape index (κ2) is 25.4. The van der Waals surface area contributed by atoms with Gasteiger partial charge in [0.15, 0.2) is 11.6 Å². The minimum atomic E-state index is -1.14. The van der Waals surface area contributed by atoms with E-state index < -0.39 is 24.3 Å². The van der Waals surface area contributed by atoms with Crippen LogP contribution < -0.4 is 40.1 Å². The summed E-state index contributed by atoms with van der Waals surface area (Å²) in [6, 6.07) is 17.3. The maximum Gasteiger partial charge on any atom is 1.00 e. The Labute approximate surface area is 411 Å². The predicted molar refractivity (Wildman–Crippen MR) is 250 cm³/mol. The summed E-state index contributed by atoms with van der Waals surface area (Å²) in [6.07, 6.45) is 2.27. The molecule has 0 aliphatic carbocycles. The van der Waals surface area contributed by atoms with Gasteiger partial charge in [0.2, 0.25) is 11.8 Å². The van der Waals surface area contributed by atoms with Crippen molar-refractivity contribution in [1.29, 1.82) is 0 Å². The maximum atomic E-state index is 13.1. The average molecular weight is 973 g/mol. The number of carboxylic acid groups (broad SMARTS) is 1. The van der Waals surface area contributed by atoms with Gasteiger partial charge in [0.05, 0.1) is 52.2 Å². The summed E-state index contributed by atoms with van der Waals surface area (Å²) >= 11 is 24.3. The molecule has 8 N–H and O–H groups in total. The fraction of sp³-hybridized carbons (Fsp3) is 0.409. The molecule has 4 aromatic rings. The zero-order chi connectivity index (χ0) is 45.4. The van der Waals surface area contributed by atoms with E-state index in [9.17, 15) is 19.2 Å². The van der Waals surface area contributed by atoms with Crippen LogP contribution in [0.5, 0.6) is 0 Å². The number of carboxylic acids is 1. The first-order chi connectivity index (χ1) is 29.4. The first kappa shape index (κ1) is 56.6. The number of halogens is 4. The summed E-state index contributed by atoms with van der Waals surface area (Å²) in [5.74, 6) is -0.888. The standard InChI is InChI=1S/C23H28Cl2N4O3.C21H24Cl2N4O3.Li.2H2O/c1-4-32-22(31)10-21(30)28-13-20(15-5-7-16(24)8-6-15)29(12-19(28)14(2)3)23-18(26)9-17(25)11-27-23;1-12(2)17-10-27(21-16(24)7-15(23)9-25-21)18(13-3-5-14(22)6-4-13)11-26(17)19(28)8-20(29)30;;;/h5-9,11,14,19-20H,4,10,12-13,26H2,1-3H3;3-7,9,12,17-18H,8,10-11,24H2,1-2H3,(H,29,30);;2*1H2/q;;+1;;/p-1. The Morgan fingerprint density at radius 1 is 0.677 bits per heavy atom. The van der Waals surface area contributed by atoms with Crippen LogP contribution in [0, 0.1) is 11.8 Å². The number of anilines is 4. The number of pyridine rings is 2. The Morgan fingerprint density at radius 2 is 1.05 bits per heavy atom. The molecule has 0 saturated carbocycles. The van der Waals surface area contributed by atoms with Crippen molar-refractivity contribution >= 4 is 93.2 Å².